The summed E-state index contributed by atoms with van der Waals surface area (Å²) < 4.78 is 0. The third-order valence-electron chi connectivity index (χ3n) is 5.71. The van der Waals surface area contributed by atoms with Gasteiger partial charge in [-0.2, -0.15) is 0 Å². The second-order valence-corrected chi connectivity index (χ2v) is 8.70. The fourth-order valence-corrected chi connectivity index (χ4v) is 4.89. The summed E-state index contributed by atoms with van der Waals surface area (Å²) in [6.45, 7) is 10.2. The lowest BCUT2D eigenvalue weighted by molar-refractivity contribution is -0.134. The Balaban J connectivity index is 0.00000264. The summed E-state index contributed by atoms with van der Waals surface area (Å²) in [5.41, 5.74) is 0.419. The molecule has 1 saturated carbocycles. The number of carbonyl (C=O) groups excluding carboxylic acids is 1. The molecule has 0 spiro atoms. The Hall–Kier alpha value is -0.280. The zero-order valence-electron chi connectivity index (χ0n) is 15.6. The van der Waals surface area contributed by atoms with E-state index in [-0.39, 0.29) is 12.4 Å². The molecule has 2 unspecified atom stereocenters. The summed E-state index contributed by atoms with van der Waals surface area (Å²) in [5.74, 6) is 2.61. The van der Waals surface area contributed by atoms with Gasteiger partial charge in [-0.1, -0.05) is 20.8 Å². The quantitative estimate of drug-likeness (QED) is 0.814. The van der Waals surface area contributed by atoms with Crippen molar-refractivity contribution in [1.82, 2.24) is 10.2 Å². The first-order chi connectivity index (χ1) is 10.4. The van der Waals surface area contributed by atoms with Gasteiger partial charge in [-0.05, 0) is 75.3 Å². The van der Waals surface area contributed by atoms with Crippen LogP contribution in [0.5, 0.6) is 0 Å². The van der Waals surface area contributed by atoms with Crippen molar-refractivity contribution in [3.63, 3.8) is 0 Å². The molecule has 1 N–H and O–H groups in total. The molecule has 2 fully saturated rings. The molecule has 0 bridgehead atoms. The monoisotopic (exact) mass is 344 g/mol. The SMILES string of the molecule is CNCCC1CCN(C(=O)CC2CC(C)CC(C)(C)C2)CC1.Cl. The minimum Gasteiger partial charge on any atom is -0.343 e. The summed E-state index contributed by atoms with van der Waals surface area (Å²) in [7, 11) is 2.02. The summed E-state index contributed by atoms with van der Waals surface area (Å²) in [4.78, 5) is 14.8. The number of amides is 1. The number of hydrogen-bond acceptors (Lipinski definition) is 2. The number of rotatable bonds is 5. The molecule has 1 aliphatic heterocycles. The van der Waals surface area contributed by atoms with Crippen LogP contribution in [0.1, 0.15) is 65.7 Å². The van der Waals surface area contributed by atoms with Crippen molar-refractivity contribution < 1.29 is 4.79 Å². The maximum atomic E-state index is 12.6. The highest BCUT2D eigenvalue weighted by Gasteiger charge is 2.34. The van der Waals surface area contributed by atoms with Crippen LogP contribution in [0.2, 0.25) is 0 Å². The Bertz CT molecular complexity index is 364. The van der Waals surface area contributed by atoms with Crippen LogP contribution in [-0.4, -0.2) is 37.5 Å². The molecule has 0 aromatic rings. The van der Waals surface area contributed by atoms with Gasteiger partial charge in [-0.15, -0.1) is 12.4 Å². The Morgan fingerprint density at radius 1 is 1.17 bits per heavy atom. The predicted molar refractivity (Wildman–Crippen MR) is 100.0 cm³/mol. The molecular weight excluding hydrogens is 308 g/mol. The minimum absolute atomic E-state index is 0. The molecule has 2 rings (SSSR count). The van der Waals surface area contributed by atoms with Crippen molar-refractivity contribution in [3.8, 4) is 0 Å². The Morgan fingerprint density at radius 2 is 1.83 bits per heavy atom. The number of carbonyl (C=O) groups is 1. The van der Waals surface area contributed by atoms with Crippen LogP contribution in [0, 0.1) is 23.2 Å². The zero-order chi connectivity index (χ0) is 16.2. The van der Waals surface area contributed by atoms with E-state index in [0.29, 0.717) is 17.2 Å². The first kappa shape index (κ1) is 20.8. The molecule has 1 amide bonds. The van der Waals surface area contributed by atoms with E-state index in [1.807, 2.05) is 7.05 Å². The Kier molecular flexibility index (Phi) is 8.37. The average molecular weight is 345 g/mol. The fraction of sp³-hybridized carbons (Fsp3) is 0.947. The van der Waals surface area contributed by atoms with Crippen molar-refractivity contribution in [2.75, 3.05) is 26.7 Å². The number of nitrogens with zero attached hydrogens (tertiary/aromatic N) is 1. The van der Waals surface area contributed by atoms with Crippen LogP contribution in [0.15, 0.2) is 0 Å². The first-order valence-corrected chi connectivity index (χ1v) is 9.32. The summed E-state index contributed by atoms with van der Waals surface area (Å²) in [6.07, 6.45) is 8.21. The second-order valence-electron chi connectivity index (χ2n) is 8.70. The molecule has 23 heavy (non-hydrogen) atoms. The van der Waals surface area contributed by atoms with Crippen molar-refractivity contribution in [1.29, 1.82) is 0 Å². The fourth-order valence-electron chi connectivity index (χ4n) is 4.89. The topological polar surface area (TPSA) is 32.3 Å². The van der Waals surface area contributed by atoms with Gasteiger partial charge in [0.05, 0.1) is 0 Å². The highest BCUT2D eigenvalue weighted by Crippen LogP contribution is 2.43. The lowest BCUT2D eigenvalue weighted by Crippen LogP contribution is -2.40. The molecule has 0 radical (unpaired) electrons. The van der Waals surface area contributed by atoms with Crippen LogP contribution < -0.4 is 5.32 Å². The predicted octanol–water partition coefficient (Wildman–Crippen LogP) is 4.11. The van der Waals surface area contributed by atoms with E-state index in [4.69, 9.17) is 0 Å². The summed E-state index contributed by atoms with van der Waals surface area (Å²) in [5, 5.41) is 3.23. The summed E-state index contributed by atoms with van der Waals surface area (Å²) in [6, 6.07) is 0. The van der Waals surface area contributed by atoms with E-state index in [1.165, 1.54) is 38.5 Å². The van der Waals surface area contributed by atoms with Crippen LogP contribution in [0.3, 0.4) is 0 Å². The van der Waals surface area contributed by atoms with Gasteiger partial charge in [-0.3, -0.25) is 4.79 Å². The minimum atomic E-state index is 0. The molecule has 4 heteroatoms. The zero-order valence-corrected chi connectivity index (χ0v) is 16.4. The van der Waals surface area contributed by atoms with Gasteiger partial charge in [0.15, 0.2) is 0 Å². The lowest BCUT2D eigenvalue weighted by Gasteiger charge is -2.40. The standard InChI is InChI=1S/C19H36N2O.ClH/c1-15-11-17(14-19(2,3)13-15)12-18(22)21-9-6-16(7-10-21)5-8-20-4;/h15-17,20H,5-14H2,1-4H3;1H. The van der Waals surface area contributed by atoms with Crippen molar-refractivity contribution in [2.45, 2.75) is 65.7 Å². The van der Waals surface area contributed by atoms with Gasteiger partial charge < -0.3 is 10.2 Å². The van der Waals surface area contributed by atoms with E-state index in [0.717, 1.165) is 37.9 Å². The van der Waals surface area contributed by atoms with Gasteiger partial charge in [0, 0.05) is 19.5 Å². The maximum Gasteiger partial charge on any atom is 0.222 e. The molecule has 2 aliphatic rings. The maximum absolute atomic E-state index is 12.6. The Morgan fingerprint density at radius 3 is 2.39 bits per heavy atom. The molecule has 1 aliphatic carbocycles. The van der Waals surface area contributed by atoms with Gasteiger partial charge in [0.2, 0.25) is 5.91 Å². The number of likely N-dealkylation sites (tertiary alicyclic amines) is 1. The van der Waals surface area contributed by atoms with Crippen molar-refractivity contribution in [3.05, 3.63) is 0 Å². The third kappa shape index (κ3) is 6.62. The first-order valence-electron chi connectivity index (χ1n) is 9.32. The molecule has 0 aromatic carbocycles. The molecule has 3 nitrogen and oxygen atoms in total. The second kappa shape index (κ2) is 9.27. The number of nitrogens with one attached hydrogen (secondary N) is 1. The molecule has 1 heterocycles. The van der Waals surface area contributed by atoms with E-state index in [9.17, 15) is 4.79 Å². The highest BCUT2D eigenvalue weighted by atomic mass is 35.5. The normalized spacial score (nSPS) is 28.3. The molecule has 136 valence electrons. The average Bonchev–Trinajstić information content (AvgIpc) is 2.43. The molecule has 2 atom stereocenters. The molecule has 0 aromatic heterocycles. The lowest BCUT2D eigenvalue weighted by atomic mass is 9.67. The summed E-state index contributed by atoms with van der Waals surface area (Å²) >= 11 is 0. The largest absolute Gasteiger partial charge is 0.343 e. The van der Waals surface area contributed by atoms with E-state index >= 15 is 0 Å². The van der Waals surface area contributed by atoms with E-state index < -0.39 is 0 Å². The number of hydrogen-bond donors (Lipinski definition) is 1. The van der Waals surface area contributed by atoms with Crippen LogP contribution >= 0.6 is 12.4 Å². The Labute approximate surface area is 149 Å². The highest BCUT2D eigenvalue weighted by molar-refractivity contribution is 5.85. The van der Waals surface area contributed by atoms with Crippen LogP contribution in [0.25, 0.3) is 0 Å². The number of piperidine rings is 1. The van der Waals surface area contributed by atoms with Crippen LogP contribution in [-0.2, 0) is 4.79 Å². The third-order valence-corrected chi connectivity index (χ3v) is 5.71. The molecule has 1 saturated heterocycles. The smallest absolute Gasteiger partial charge is 0.222 e. The van der Waals surface area contributed by atoms with Crippen molar-refractivity contribution in [2.24, 2.45) is 23.2 Å². The van der Waals surface area contributed by atoms with E-state index in [2.05, 4.69) is 31.0 Å². The van der Waals surface area contributed by atoms with Crippen LogP contribution in [0.4, 0.5) is 0 Å². The van der Waals surface area contributed by atoms with Gasteiger partial charge in [0.1, 0.15) is 0 Å². The molecular formula is C19H37ClN2O. The van der Waals surface area contributed by atoms with Crippen molar-refractivity contribution >= 4 is 18.3 Å². The van der Waals surface area contributed by atoms with Gasteiger partial charge in [0.25, 0.3) is 0 Å². The number of halogens is 1. The van der Waals surface area contributed by atoms with E-state index in [1.54, 1.807) is 0 Å². The van der Waals surface area contributed by atoms with Gasteiger partial charge in [-0.25, -0.2) is 0 Å². The van der Waals surface area contributed by atoms with Gasteiger partial charge >= 0.3 is 0 Å².